The van der Waals surface area contributed by atoms with Crippen LogP contribution < -0.4 is 5.73 Å². The lowest BCUT2D eigenvalue weighted by Crippen LogP contribution is -2.58. The van der Waals surface area contributed by atoms with Crippen molar-refractivity contribution < 1.29 is 5.11 Å². The molecular formula is C25H23N5OS. The first-order valence-electron chi connectivity index (χ1n) is 10.6. The van der Waals surface area contributed by atoms with Crippen LogP contribution in [0.1, 0.15) is 31.0 Å². The SMILES string of the molecule is Cc1cc2ncc3cc(-c4cccs4)c(-c4ccc([C@]5(N)C[C@@](C)(O)C5)cc4)nc3n2n1. The summed E-state index contributed by atoms with van der Waals surface area (Å²) in [5, 5.41) is 17.8. The van der Waals surface area contributed by atoms with Gasteiger partial charge in [-0.2, -0.15) is 9.61 Å². The third kappa shape index (κ3) is 3.04. The van der Waals surface area contributed by atoms with Crippen LogP contribution in [0, 0.1) is 6.92 Å². The van der Waals surface area contributed by atoms with Crippen LogP contribution in [0.15, 0.2) is 60.1 Å². The highest BCUT2D eigenvalue weighted by molar-refractivity contribution is 7.13. The molecule has 1 saturated carbocycles. The Morgan fingerprint density at radius 2 is 1.91 bits per heavy atom. The molecule has 6 nitrogen and oxygen atoms in total. The lowest BCUT2D eigenvalue weighted by Gasteiger charge is -2.49. The quantitative estimate of drug-likeness (QED) is 0.424. The zero-order chi connectivity index (χ0) is 22.1. The Labute approximate surface area is 189 Å². The van der Waals surface area contributed by atoms with Crippen LogP contribution in [0.5, 0.6) is 0 Å². The van der Waals surface area contributed by atoms with E-state index in [2.05, 4.69) is 57.9 Å². The molecule has 1 aromatic carbocycles. The highest BCUT2D eigenvalue weighted by atomic mass is 32.1. The smallest absolute Gasteiger partial charge is 0.165 e. The van der Waals surface area contributed by atoms with E-state index in [9.17, 15) is 5.11 Å². The maximum atomic E-state index is 10.2. The molecule has 0 unspecified atom stereocenters. The van der Waals surface area contributed by atoms with Crippen LogP contribution in [0.3, 0.4) is 0 Å². The topological polar surface area (TPSA) is 89.3 Å². The minimum absolute atomic E-state index is 0.472. The fourth-order valence-electron chi connectivity index (χ4n) is 4.96. The normalized spacial score (nSPS) is 23.0. The minimum Gasteiger partial charge on any atom is -0.390 e. The maximum Gasteiger partial charge on any atom is 0.165 e. The summed E-state index contributed by atoms with van der Waals surface area (Å²) in [6.45, 7) is 3.80. The van der Waals surface area contributed by atoms with E-state index in [1.54, 1.807) is 11.3 Å². The molecule has 6 rings (SSSR count). The number of aromatic nitrogens is 4. The second-order valence-electron chi connectivity index (χ2n) is 9.17. The summed E-state index contributed by atoms with van der Waals surface area (Å²) >= 11 is 1.69. The summed E-state index contributed by atoms with van der Waals surface area (Å²) in [7, 11) is 0. The Bertz CT molecular complexity index is 1460. The Balaban J connectivity index is 1.52. The third-order valence-electron chi connectivity index (χ3n) is 6.29. The molecule has 5 aromatic rings. The molecule has 32 heavy (non-hydrogen) atoms. The summed E-state index contributed by atoms with van der Waals surface area (Å²) < 4.78 is 1.81. The van der Waals surface area contributed by atoms with E-state index in [0.717, 1.165) is 49.6 Å². The van der Waals surface area contributed by atoms with E-state index in [-0.39, 0.29) is 0 Å². The van der Waals surface area contributed by atoms with Gasteiger partial charge >= 0.3 is 0 Å². The van der Waals surface area contributed by atoms with E-state index in [1.807, 2.05) is 30.6 Å². The molecule has 160 valence electrons. The van der Waals surface area contributed by atoms with Crippen LogP contribution in [-0.2, 0) is 5.54 Å². The van der Waals surface area contributed by atoms with Gasteiger partial charge in [0.2, 0.25) is 0 Å². The van der Waals surface area contributed by atoms with Gasteiger partial charge in [0.1, 0.15) is 0 Å². The average Bonchev–Trinajstić information content (AvgIpc) is 3.40. The predicted octanol–water partition coefficient (Wildman–Crippen LogP) is 4.68. The number of pyridine rings is 1. The molecule has 0 radical (unpaired) electrons. The van der Waals surface area contributed by atoms with Gasteiger partial charge in [0.05, 0.1) is 17.0 Å². The average molecular weight is 442 g/mol. The largest absolute Gasteiger partial charge is 0.390 e. The van der Waals surface area contributed by atoms with Gasteiger partial charge in [-0.25, -0.2) is 9.97 Å². The molecule has 0 aliphatic heterocycles. The van der Waals surface area contributed by atoms with Gasteiger partial charge in [0.25, 0.3) is 0 Å². The molecule has 1 fully saturated rings. The minimum atomic E-state index is -0.680. The van der Waals surface area contributed by atoms with Crippen molar-refractivity contribution in [2.75, 3.05) is 0 Å². The number of hydrogen-bond acceptors (Lipinski definition) is 6. The summed E-state index contributed by atoms with van der Waals surface area (Å²) in [5.74, 6) is 0. The van der Waals surface area contributed by atoms with Crippen molar-refractivity contribution in [3.05, 3.63) is 71.4 Å². The molecule has 1 aliphatic rings. The molecule has 0 atom stereocenters. The number of nitrogens with two attached hydrogens (primary N) is 1. The van der Waals surface area contributed by atoms with Crippen LogP contribution in [0.2, 0.25) is 0 Å². The van der Waals surface area contributed by atoms with Crippen molar-refractivity contribution in [2.45, 2.75) is 37.8 Å². The lowest BCUT2D eigenvalue weighted by atomic mass is 9.63. The second kappa shape index (κ2) is 6.68. The van der Waals surface area contributed by atoms with Gasteiger partial charge in [-0.1, -0.05) is 30.3 Å². The summed E-state index contributed by atoms with van der Waals surface area (Å²) in [5.41, 5.74) is 11.9. The van der Waals surface area contributed by atoms with Crippen molar-refractivity contribution in [2.24, 2.45) is 5.73 Å². The summed E-state index contributed by atoms with van der Waals surface area (Å²) in [6, 6.07) is 16.6. The van der Waals surface area contributed by atoms with Crippen molar-refractivity contribution in [3.63, 3.8) is 0 Å². The summed E-state index contributed by atoms with van der Waals surface area (Å²) in [4.78, 5) is 10.8. The van der Waals surface area contributed by atoms with Gasteiger partial charge in [0.15, 0.2) is 11.3 Å². The molecule has 0 saturated heterocycles. The van der Waals surface area contributed by atoms with Crippen molar-refractivity contribution in [3.8, 4) is 21.7 Å². The molecule has 1 aliphatic carbocycles. The number of fused-ring (bicyclic) bond motifs is 3. The van der Waals surface area contributed by atoms with Gasteiger partial charge in [0, 0.05) is 39.2 Å². The molecule has 0 bridgehead atoms. The first kappa shape index (κ1) is 19.5. The van der Waals surface area contributed by atoms with Gasteiger partial charge in [-0.05, 0) is 49.8 Å². The molecule has 4 aromatic heterocycles. The molecule has 7 heteroatoms. The Morgan fingerprint density at radius 3 is 2.59 bits per heavy atom. The zero-order valence-corrected chi connectivity index (χ0v) is 18.7. The third-order valence-corrected chi connectivity index (χ3v) is 7.20. The van der Waals surface area contributed by atoms with E-state index >= 15 is 0 Å². The fourth-order valence-corrected chi connectivity index (χ4v) is 5.71. The number of rotatable bonds is 3. The van der Waals surface area contributed by atoms with Crippen molar-refractivity contribution >= 4 is 28.0 Å². The molecule has 0 spiro atoms. The fraction of sp³-hybridized carbons (Fsp3) is 0.240. The Morgan fingerprint density at radius 1 is 1.12 bits per heavy atom. The zero-order valence-electron chi connectivity index (χ0n) is 17.9. The number of aryl methyl sites for hydroxylation is 1. The van der Waals surface area contributed by atoms with Crippen LogP contribution in [0.4, 0.5) is 0 Å². The molecule has 0 amide bonds. The van der Waals surface area contributed by atoms with E-state index in [1.165, 1.54) is 0 Å². The number of benzene rings is 1. The van der Waals surface area contributed by atoms with E-state index < -0.39 is 11.1 Å². The number of hydrogen-bond donors (Lipinski definition) is 2. The Hall–Kier alpha value is -3.13. The number of nitrogens with zero attached hydrogens (tertiary/aromatic N) is 4. The van der Waals surface area contributed by atoms with Crippen molar-refractivity contribution in [1.82, 2.24) is 19.6 Å². The predicted molar refractivity (Wildman–Crippen MR) is 127 cm³/mol. The number of thiophene rings is 1. The molecule has 4 heterocycles. The van der Waals surface area contributed by atoms with Crippen LogP contribution in [0.25, 0.3) is 38.4 Å². The highest BCUT2D eigenvalue weighted by Crippen LogP contribution is 2.46. The Kier molecular flexibility index (Phi) is 4.08. The van der Waals surface area contributed by atoms with Gasteiger partial charge in [-0.15, -0.1) is 11.3 Å². The highest BCUT2D eigenvalue weighted by Gasteiger charge is 2.49. The molecular weight excluding hydrogens is 418 g/mol. The maximum absolute atomic E-state index is 10.2. The second-order valence-corrected chi connectivity index (χ2v) is 10.1. The molecule has 3 N–H and O–H groups in total. The van der Waals surface area contributed by atoms with E-state index in [0.29, 0.717) is 12.8 Å². The van der Waals surface area contributed by atoms with Crippen molar-refractivity contribution in [1.29, 1.82) is 0 Å². The van der Waals surface area contributed by atoms with Gasteiger partial charge in [-0.3, -0.25) is 0 Å². The monoisotopic (exact) mass is 441 g/mol. The standard InChI is InChI=1S/C25H23N5OS/c1-15-10-21-27-12-17-11-19(20-4-3-9-32-20)22(28-23(17)30(21)29-15)16-5-7-18(8-6-16)25(26)13-24(2,31)14-25/h3-12,31H,13-14,26H2,1-2H3/t24-,25+. The number of aliphatic hydroxyl groups is 1. The van der Waals surface area contributed by atoms with Gasteiger partial charge < -0.3 is 10.8 Å². The van der Waals surface area contributed by atoms with Crippen LogP contribution >= 0.6 is 11.3 Å². The first-order chi connectivity index (χ1) is 15.3. The first-order valence-corrected chi connectivity index (χ1v) is 11.5. The summed E-state index contributed by atoms with van der Waals surface area (Å²) in [6.07, 6.45) is 3.00. The lowest BCUT2D eigenvalue weighted by molar-refractivity contribution is -0.0738. The van der Waals surface area contributed by atoms with Crippen LogP contribution in [-0.4, -0.2) is 30.3 Å². The van der Waals surface area contributed by atoms with E-state index in [4.69, 9.17) is 10.7 Å².